The summed E-state index contributed by atoms with van der Waals surface area (Å²) in [5, 5.41) is 0. The van der Waals surface area contributed by atoms with E-state index in [0.717, 1.165) is 64.2 Å². The molecule has 0 N–H and O–H groups in total. The lowest BCUT2D eigenvalue weighted by atomic mass is 10.1. The highest BCUT2D eigenvalue weighted by Gasteiger charge is 2.09. The Kier molecular flexibility index (Phi) is 19.9. The van der Waals surface area contributed by atoms with Crippen molar-refractivity contribution in [3.05, 3.63) is 0 Å². The van der Waals surface area contributed by atoms with Crippen molar-refractivity contribution in [2.75, 3.05) is 6.61 Å². The molecule has 0 aliphatic rings. The summed E-state index contributed by atoms with van der Waals surface area (Å²) in [6.45, 7) is 6.95. The zero-order chi connectivity index (χ0) is 20.9. The summed E-state index contributed by atoms with van der Waals surface area (Å²) in [5.74, 6) is -0.104. The number of unbranched alkanes of at least 4 members (excludes halogenated alkanes) is 11. The molecule has 0 rings (SSSR count). The van der Waals surface area contributed by atoms with Crippen LogP contribution in [0.15, 0.2) is 0 Å². The quantitative estimate of drug-likeness (QED) is 0.162. The molecule has 0 heterocycles. The predicted molar refractivity (Wildman–Crippen MR) is 116 cm³/mol. The van der Waals surface area contributed by atoms with E-state index in [4.69, 9.17) is 9.47 Å². The van der Waals surface area contributed by atoms with Gasteiger partial charge in [-0.2, -0.15) is 0 Å². The van der Waals surface area contributed by atoms with Crippen LogP contribution < -0.4 is 0 Å². The summed E-state index contributed by atoms with van der Waals surface area (Å²) in [4.78, 5) is 23.4. The van der Waals surface area contributed by atoms with Gasteiger partial charge in [-0.15, -0.1) is 0 Å². The van der Waals surface area contributed by atoms with Crippen LogP contribution in [0, 0.1) is 0 Å². The largest absolute Gasteiger partial charge is 0.466 e. The fourth-order valence-electron chi connectivity index (χ4n) is 3.23. The van der Waals surface area contributed by atoms with Crippen LogP contribution in [0.5, 0.6) is 0 Å². The van der Waals surface area contributed by atoms with E-state index in [0.29, 0.717) is 19.4 Å². The lowest BCUT2D eigenvalue weighted by Gasteiger charge is -2.13. The van der Waals surface area contributed by atoms with Gasteiger partial charge in [-0.3, -0.25) is 9.59 Å². The zero-order valence-corrected chi connectivity index (χ0v) is 18.9. The third-order valence-electron chi connectivity index (χ3n) is 5.07. The maximum atomic E-state index is 11.8. The Morgan fingerprint density at radius 2 is 1.14 bits per heavy atom. The molecule has 0 aliphatic heterocycles. The molecule has 1 atom stereocenters. The van der Waals surface area contributed by atoms with E-state index >= 15 is 0 Å². The molecule has 4 nitrogen and oxygen atoms in total. The highest BCUT2D eigenvalue weighted by Crippen LogP contribution is 2.12. The van der Waals surface area contributed by atoms with Crippen molar-refractivity contribution >= 4 is 11.9 Å². The number of carbonyl (C=O) groups is 2. The van der Waals surface area contributed by atoms with Crippen LogP contribution in [-0.2, 0) is 19.1 Å². The Hall–Kier alpha value is -1.06. The van der Waals surface area contributed by atoms with E-state index in [-0.39, 0.29) is 18.0 Å². The van der Waals surface area contributed by atoms with Gasteiger partial charge in [0, 0.05) is 12.8 Å². The second-order valence-electron chi connectivity index (χ2n) is 8.05. The Morgan fingerprint density at radius 3 is 1.75 bits per heavy atom. The fourth-order valence-corrected chi connectivity index (χ4v) is 3.23. The molecule has 0 fully saturated rings. The second kappa shape index (κ2) is 20.7. The first-order valence-corrected chi connectivity index (χ1v) is 11.9. The molecular formula is C24H46O4. The van der Waals surface area contributed by atoms with Crippen LogP contribution in [0.3, 0.4) is 0 Å². The van der Waals surface area contributed by atoms with Crippen molar-refractivity contribution in [1.29, 1.82) is 0 Å². The number of carbonyl (C=O) groups excluding carboxylic acids is 2. The van der Waals surface area contributed by atoms with Crippen molar-refractivity contribution in [2.45, 2.75) is 136 Å². The Morgan fingerprint density at radius 1 is 0.643 bits per heavy atom. The van der Waals surface area contributed by atoms with E-state index in [1.165, 1.54) is 32.1 Å². The number of hydrogen-bond acceptors (Lipinski definition) is 4. The highest BCUT2D eigenvalue weighted by molar-refractivity contribution is 5.69. The minimum atomic E-state index is -0.0527. The summed E-state index contributed by atoms with van der Waals surface area (Å²) in [7, 11) is 0. The van der Waals surface area contributed by atoms with Crippen molar-refractivity contribution in [2.24, 2.45) is 0 Å². The molecule has 0 bridgehead atoms. The molecule has 0 aromatic rings. The van der Waals surface area contributed by atoms with Gasteiger partial charge in [0.15, 0.2) is 0 Å². The predicted octanol–water partition coefficient (Wildman–Crippen LogP) is 7.13. The highest BCUT2D eigenvalue weighted by atomic mass is 16.5. The molecule has 0 aliphatic carbocycles. The topological polar surface area (TPSA) is 52.6 Å². The van der Waals surface area contributed by atoms with Gasteiger partial charge in [0.1, 0.15) is 0 Å². The molecule has 0 radical (unpaired) electrons. The molecule has 0 spiro atoms. The molecule has 0 saturated carbocycles. The van der Waals surface area contributed by atoms with Gasteiger partial charge in [0.25, 0.3) is 0 Å². The lowest BCUT2D eigenvalue weighted by molar-refractivity contribution is -0.148. The number of rotatable bonds is 20. The second-order valence-corrected chi connectivity index (χ2v) is 8.05. The first kappa shape index (κ1) is 26.9. The molecule has 0 saturated heterocycles. The smallest absolute Gasteiger partial charge is 0.306 e. The summed E-state index contributed by atoms with van der Waals surface area (Å²) >= 11 is 0. The number of hydrogen-bond donors (Lipinski definition) is 0. The van der Waals surface area contributed by atoms with Gasteiger partial charge in [-0.25, -0.2) is 0 Å². The van der Waals surface area contributed by atoms with Crippen LogP contribution >= 0.6 is 0 Å². The van der Waals surface area contributed by atoms with E-state index in [1.54, 1.807) is 0 Å². The Bertz CT molecular complexity index is 368. The third kappa shape index (κ3) is 19.7. The van der Waals surface area contributed by atoms with Crippen LogP contribution in [0.2, 0.25) is 0 Å². The van der Waals surface area contributed by atoms with Crippen LogP contribution in [0.25, 0.3) is 0 Å². The number of ether oxygens (including phenoxy) is 2. The van der Waals surface area contributed by atoms with Crippen molar-refractivity contribution < 1.29 is 19.1 Å². The van der Waals surface area contributed by atoms with E-state index in [9.17, 15) is 9.59 Å². The molecule has 0 aromatic heterocycles. The van der Waals surface area contributed by atoms with Gasteiger partial charge in [0.2, 0.25) is 0 Å². The van der Waals surface area contributed by atoms with Crippen LogP contribution in [0.1, 0.15) is 130 Å². The molecule has 166 valence electrons. The number of esters is 2. The zero-order valence-electron chi connectivity index (χ0n) is 18.9. The summed E-state index contributed by atoms with van der Waals surface area (Å²) in [6.07, 6.45) is 17.7. The average molecular weight is 399 g/mol. The molecule has 0 amide bonds. The summed E-state index contributed by atoms with van der Waals surface area (Å²) in [6, 6.07) is 0. The molecular weight excluding hydrogens is 352 g/mol. The Balaban J connectivity index is 3.37. The van der Waals surface area contributed by atoms with Crippen molar-refractivity contribution in [3.8, 4) is 0 Å². The summed E-state index contributed by atoms with van der Waals surface area (Å²) in [5.41, 5.74) is 0. The molecule has 4 heteroatoms. The van der Waals surface area contributed by atoms with E-state index in [1.807, 2.05) is 6.92 Å². The average Bonchev–Trinajstić information content (AvgIpc) is 2.67. The SMILES string of the molecule is CCCCCCOC(=O)CCCCCCCCC(=O)OC(C)CCCCCC. The van der Waals surface area contributed by atoms with E-state index in [2.05, 4.69) is 13.8 Å². The first-order chi connectivity index (χ1) is 13.6. The standard InChI is InChI=1S/C24H46O4/c1-4-6-8-14-18-22(3)28-24(26)20-16-13-11-10-12-15-19-23(25)27-21-17-9-7-5-2/h22H,4-21H2,1-3H3. The molecule has 0 aromatic carbocycles. The van der Waals surface area contributed by atoms with Gasteiger partial charge in [0.05, 0.1) is 12.7 Å². The van der Waals surface area contributed by atoms with Crippen LogP contribution in [0.4, 0.5) is 0 Å². The van der Waals surface area contributed by atoms with Gasteiger partial charge in [-0.05, 0) is 39.0 Å². The van der Waals surface area contributed by atoms with Crippen molar-refractivity contribution in [1.82, 2.24) is 0 Å². The van der Waals surface area contributed by atoms with Crippen molar-refractivity contribution in [3.63, 3.8) is 0 Å². The Labute approximate surface area is 174 Å². The molecule has 1 unspecified atom stereocenters. The van der Waals surface area contributed by atoms with Gasteiger partial charge >= 0.3 is 11.9 Å². The van der Waals surface area contributed by atoms with Crippen LogP contribution in [-0.4, -0.2) is 24.6 Å². The first-order valence-electron chi connectivity index (χ1n) is 11.9. The maximum absolute atomic E-state index is 11.8. The minimum absolute atomic E-state index is 0.0512. The monoisotopic (exact) mass is 398 g/mol. The normalized spacial score (nSPS) is 12.0. The fraction of sp³-hybridized carbons (Fsp3) is 0.917. The maximum Gasteiger partial charge on any atom is 0.306 e. The minimum Gasteiger partial charge on any atom is -0.466 e. The third-order valence-corrected chi connectivity index (χ3v) is 5.07. The molecule has 28 heavy (non-hydrogen) atoms. The van der Waals surface area contributed by atoms with E-state index < -0.39 is 0 Å². The summed E-state index contributed by atoms with van der Waals surface area (Å²) < 4.78 is 10.7. The van der Waals surface area contributed by atoms with Gasteiger partial charge in [-0.1, -0.05) is 78.1 Å². The van der Waals surface area contributed by atoms with Gasteiger partial charge < -0.3 is 9.47 Å². The lowest BCUT2D eigenvalue weighted by Crippen LogP contribution is -2.14.